The lowest BCUT2D eigenvalue weighted by Gasteiger charge is -2.15. The quantitative estimate of drug-likeness (QED) is 0.854. The number of esters is 1. The predicted octanol–water partition coefficient (Wildman–Crippen LogP) is 2.55. The van der Waals surface area contributed by atoms with Crippen LogP contribution in [0, 0.1) is 5.82 Å². The molecule has 24 heavy (non-hydrogen) atoms. The van der Waals surface area contributed by atoms with Gasteiger partial charge in [-0.05, 0) is 29.8 Å². The van der Waals surface area contributed by atoms with Crippen LogP contribution < -0.4 is 5.73 Å². The van der Waals surface area contributed by atoms with E-state index in [1.165, 1.54) is 19.2 Å². The van der Waals surface area contributed by atoms with Crippen molar-refractivity contribution >= 4 is 18.4 Å². The molecule has 1 aromatic carbocycles. The van der Waals surface area contributed by atoms with Gasteiger partial charge in [0.1, 0.15) is 11.6 Å². The van der Waals surface area contributed by atoms with Gasteiger partial charge >= 0.3 is 5.97 Å². The highest BCUT2D eigenvalue weighted by molar-refractivity contribution is 5.86. The lowest BCUT2D eigenvalue weighted by atomic mass is 9.95. The maximum absolute atomic E-state index is 13.0. The normalized spacial score (nSPS) is 20.6. The Morgan fingerprint density at radius 2 is 2.00 bits per heavy atom. The highest BCUT2D eigenvalue weighted by Gasteiger charge is 2.31. The average Bonchev–Trinajstić information content (AvgIpc) is 3.14. The van der Waals surface area contributed by atoms with Gasteiger partial charge in [-0.2, -0.15) is 0 Å². The van der Waals surface area contributed by atoms with Gasteiger partial charge in [0.05, 0.1) is 13.7 Å². The molecule has 0 aliphatic carbocycles. The number of hydrogen-bond acceptors (Lipinski definition) is 5. The first kappa shape index (κ1) is 18.4. The summed E-state index contributed by atoms with van der Waals surface area (Å²) in [4.78, 5) is 13.6. The van der Waals surface area contributed by atoms with E-state index in [4.69, 9.17) is 10.2 Å². The standard InChI is InChI=1S/C17H19FN2O3.ClH/c1-22-17(21)16-7-6-13(23-16)8-20-9-14(15(19)10-20)11-2-4-12(18)5-3-11;/h2-7,14-15H,8-10,19H2,1H3;1H. The number of nitrogens with zero attached hydrogens (tertiary/aromatic N) is 1. The van der Waals surface area contributed by atoms with E-state index in [1.54, 1.807) is 24.3 Å². The van der Waals surface area contributed by atoms with Gasteiger partial charge < -0.3 is 14.9 Å². The van der Waals surface area contributed by atoms with Crippen LogP contribution in [0.15, 0.2) is 40.8 Å². The van der Waals surface area contributed by atoms with E-state index in [2.05, 4.69) is 9.64 Å². The zero-order chi connectivity index (χ0) is 16.4. The van der Waals surface area contributed by atoms with Crippen molar-refractivity contribution in [2.45, 2.75) is 18.5 Å². The van der Waals surface area contributed by atoms with Gasteiger partial charge in [-0.15, -0.1) is 12.4 Å². The first-order valence-electron chi connectivity index (χ1n) is 7.47. The molecule has 130 valence electrons. The molecule has 7 heteroatoms. The molecule has 1 aliphatic heterocycles. The second-order valence-corrected chi connectivity index (χ2v) is 5.77. The van der Waals surface area contributed by atoms with Crippen LogP contribution >= 0.6 is 12.4 Å². The molecule has 3 rings (SSSR count). The topological polar surface area (TPSA) is 68.7 Å². The van der Waals surface area contributed by atoms with Crippen molar-refractivity contribution in [3.63, 3.8) is 0 Å². The molecular weight excluding hydrogens is 335 g/mol. The van der Waals surface area contributed by atoms with Crippen molar-refractivity contribution in [2.24, 2.45) is 5.73 Å². The van der Waals surface area contributed by atoms with E-state index in [9.17, 15) is 9.18 Å². The van der Waals surface area contributed by atoms with Gasteiger partial charge in [-0.1, -0.05) is 12.1 Å². The molecule has 2 atom stereocenters. The maximum atomic E-state index is 13.0. The van der Waals surface area contributed by atoms with Crippen LogP contribution in [0.4, 0.5) is 4.39 Å². The number of likely N-dealkylation sites (tertiary alicyclic amines) is 1. The number of rotatable bonds is 4. The van der Waals surface area contributed by atoms with E-state index in [0.29, 0.717) is 12.3 Å². The highest BCUT2D eigenvalue weighted by Crippen LogP contribution is 2.28. The van der Waals surface area contributed by atoms with Crippen molar-refractivity contribution in [3.8, 4) is 0 Å². The van der Waals surface area contributed by atoms with Crippen LogP contribution in [-0.2, 0) is 11.3 Å². The third-order valence-corrected chi connectivity index (χ3v) is 4.17. The van der Waals surface area contributed by atoms with Crippen LogP contribution in [0.3, 0.4) is 0 Å². The molecule has 1 fully saturated rings. The third-order valence-electron chi connectivity index (χ3n) is 4.17. The zero-order valence-electron chi connectivity index (χ0n) is 13.3. The van der Waals surface area contributed by atoms with Gasteiger partial charge in [0.2, 0.25) is 5.76 Å². The zero-order valence-corrected chi connectivity index (χ0v) is 14.1. The molecule has 1 aliphatic rings. The minimum atomic E-state index is -0.487. The summed E-state index contributed by atoms with van der Waals surface area (Å²) in [5.41, 5.74) is 7.27. The first-order chi connectivity index (χ1) is 11.1. The fourth-order valence-electron chi connectivity index (χ4n) is 3.00. The summed E-state index contributed by atoms with van der Waals surface area (Å²) in [5, 5.41) is 0. The first-order valence-corrected chi connectivity index (χ1v) is 7.47. The molecule has 0 amide bonds. The molecule has 0 bridgehead atoms. The van der Waals surface area contributed by atoms with E-state index in [0.717, 1.165) is 18.7 Å². The number of nitrogens with two attached hydrogens (primary N) is 1. The van der Waals surface area contributed by atoms with Crippen molar-refractivity contribution in [3.05, 3.63) is 59.3 Å². The largest absolute Gasteiger partial charge is 0.463 e. The Bertz CT molecular complexity index is 689. The number of methoxy groups -OCH3 is 1. The molecule has 1 saturated heterocycles. The second kappa shape index (κ2) is 7.79. The summed E-state index contributed by atoms with van der Waals surface area (Å²) in [6, 6.07) is 9.84. The lowest BCUT2D eigenvalue weighted by Crippen LogP contribution is -2.28. The van der Waals surface area contributed by atoms with Crippen molar-refractivity contribution < 1.29 is 18.3 Å². The third kappa shape index (κ3) is 3.95. The van der Waals surface area contributed by atoms with E-state index >= 15 is 0 Å². The van der Waals surface area contributed by atoms with Gasteiger partial charge in [0, 0.05) is 25.0 Å². The molecule has 1 aromatic heterocycles. The summed E-state index contributed by atoms with van der Waals surface area (Å²) in [5.74, 6) is 0.311. The number of furan rings is 1. The van der Waals surface area contributed by atoms with Crippen molar-refractivity contribution in [1.82, 2.24) is 4.90 Å². The number of carbonyl (C=O) groups is 1. The Morgan fingerprint density at radius 1 is 1.29 bits per heavy atom. The molecule has 0 saturated carbocycles. The average molecular weight is 355 g/mol. The minimum Gasteiger partial charge on any atom is -0.463 e. The number of benzene rings is 1. The summed E-state index contributed by atoms with van der Waals surface area (Å²) >= 11 is 0. The maximum Gasteiger partial charge on any atom is 0.373 e. The van der Waals surface area contributed by atoms with Crippen molar-refractivity contribution in [2.75, 3.05) is 20.2 Å². The summed E-state index contributed by atoms with van der Waals surface area (Å²) < 4.78 is 23.1. The predicted molar refractivity (Wildman–Crippen MR) is 89.7 cm³/mol. The molecule has 2 unspecified atom stereocenters. The molecule has 0 radical (unpaired) electrons. The Balaban J connectivity index is 0.00000208. The Labute approximate surface area is 146 Å². The molecule has 2 aromatic rings. The Kier molecular flexibility index (Phi) is 5.99. The van der Waals surface area contributed by atoms with E-state index < -0.39 is 5.97 Å². The minimum absolute atomic E-state index is 0. The SMILES string of the molecule is COC(=O)c1ccc(CN2CC(N)C(c3ccc(F)cc3)C2)o1.Cl. The van der Waals surface area contributed by atoms with Gasteiger partial charge in [-0.25, -0.2) is 9.18 Å². The van der Waals surface area contributed by atoms with Crippen molar-refractivity contribution in [1.29, 1.82) is 0 Å². The van der Waals surface area contributed by atoms with Crippen LogP contribution in [0.1, 0.15) is 27.8 Å². The van der Waals surface area contributed by atoms with Gasteiger partial charge in [0.25, 0.3) is 0 Å². The summed E-state index contributed by atoms with van der Waals surface area (Å²) in [7, 11) is 1.32. The number of carbonyl (C=O) groups excluding carboxylic acids is 1. The molecule has 5 nitrogen and oxygen atoms in total. The van der Waals surface area contributed by atoms with E-state index in [1.807, 2.05) is 0 Å². The van der Waals surface area contributed by atoms with E-state index in [-0.39, 0.29) is 35.9 Å². The van der Waals surface area contributed by atoms with Gasteiger partial charge in [-0.3, -0.25) is 4.90 Å². The summed E-state index contributed by atoms with van der Waals surface area (Å²) in [6.07, 6.45) is 0. The fraction of sp³-hybridized carbons (Fsp3) is 0.353. The number of hydrogen-bond donors (Lipinski definition) is 1. The molecule has 0 spiro atoms. The number of halogens is 2. The molecule has 2 heterocycles. The second-order valence-electron chi connectivity index (χ2n) is 5.77. The van der Waals surface area contributed by atoms with Crippen LogP contribution in [-0.4, -0.2) is 37.1 Å². The van der Waals surface area contributed by atoms with Gasteiger partial charge in [0.15, 0.2) is 0 Å². The Morgan fingerprint density at radius 3 is 2.67 bits per heavy atom. The fourth-order valence-corrected chi connectivity index (χ4v) is 3.00. The lowest BCUT2D eigenvalue weighted by molar-refractivity contribution is 0.0561. The smallest absolute Gasteiger partial charge is 0.373 e. The van der Waals surface area contributed by atoms with Crippen LogP contribution in [0.25, 0.3) is 0 Å². The molecular formula is C17H20ClFN2O3. The number of ether oxygens (including phenoxy) is 1. The summed E-state index contributed by atoms with van der Waals surface area (Å²) in [6.45, 7) is 2.06. The highest BCUT2D eigenvalue weighted by atomic mass is 35.5. The Hall–Kier alpha value is -1.89. The molecule has 2 N–H and O–H groups in total. The monoisotopic (exact) mass is 354 g/mol. The van der Waals surface area contributed by atoms with Crippen LogP contribution in [0.2, 0.25) is 0 Å². The van der Waals surface area contributed by atoms with Crippen LogP contribution in [0.5, 0.6) is 0 Å².